The Hall–Kier alpha value is -6.46. The lowest BCUT2D eigenvalue weighted by Crippen LogP contribution is -2.15. The zero-order chi connectivity index (χ0) is 37.8. The van der Waals surface area contributed by atoms with Crippen molar-refractivity contribution in [2.24, 2.45) is 0 Å². The van der Waals surface area contributed by atoms with Gasteiger partial charge < -0.3 is 9.80 Å². The van der Waals surface area contributed by atoms with Gasteiger partial charge in [0.1, 0.15) is 0 Å². The van der Waals surface area contributed by atoms with Crippen LogP contribution in [0.2, 0.25) is 0 Å². The Kier molecular flexibility index (Phi) is 9.90. The molecule has 2 aromatic heterocycles. The third kappa shape index (κ3) is 7.09. The topological polar surface area (TPSA) is 6.48 Å². The first kappa shape index (κ1) is 35.3. The predicted molar refractivity (Wildman–Crippen MR) is 245 cm³/mol. The Morgan fingerprint density at radius 2 is 0.804 bits per heavy atom. The van der Waals surface area contributed by atoms with Crippen molar-refractivity contribution in [1.29, 1.82) is 0 Å². The van der Waals surface area contributed by atoms with Crippen LogP contribution in [0.15, 0.2) is 212 Å². The summed E-state index contributed by atoms with van der Waals surface area (Å²) in [5, 5.41) is 2.58. The largest absolute Gasteiger partial charge is 0.311 e. The Morgan fingerprint density at radius 3 is 1.23 bits per heavy atom. The first-order valence-electron chi connectivity index (χ1n) is 19.0. The minimum atomic E-state index is 1.11. The molecule has 9 rings (SSSR count). The molecule has 0 fully saturated rings. The number of anilines is 5. The van der Waals surface area contributed by atoms with Gasteiger partial charge in [-0.05, 0) is 138 Å². The molecule has 270 valence electrons. The van der Waals surface area contributed by atoms with E-state index in [0.717, 1.165) is 34.1 Å². The van der Waals surface area contributed by atoms with Crippen LogP contribution in [0.1, 0.15) is 13.8 Å². The third-order valence-corrected chi connectivity index (χ3v) is 12.5. The molecule has 2 heterocycles. The molecule has 0 atom stereocenters. The summed E-state index contributed by atoms with van der Waals surface area (Å²) in [5.74, 6) is 0. The lowest BCUT2D eigenvalue weighted by Gasteiger charge is -2.27. The first-order valence-corrected chi connectivity index (χ1v) is 20.6. The maximum Gasteiger partial charge on any atom is 0.0462 e. The van der Waals surface area contributed by atoms with Crippen molar-refractivity contribution >= 4 is 71.3 Å². The molecule has 0 unspecified atom stereocenters. The fourth-order valence-corrected chi connectivity index (χ4v) is 9.48. The number of nitrogens with zero attached hydrogens (tertiary/aromatic N) is 2. The number of allylic oxidation sites excluding steroid dienone is 3. The number of rotatable bonds is 10. The summed E-state index contributed by atoms with van der Waals surface area (Å²) >= 11 is 3.68. The van der Waals surface area contributed by atoms with Crippen molar-refractivity contribution in [2.75, 3.05) is 9.80 Å². The Balaban J connectivity index is 0.985. The summed E-state index contributed by atoms with van der Waals surface area (Å²) in [6, 6.07) is 68.1. The molecule has 0 aliphatic carbocycles. The van der Waals surface area contributed by atoms with Crippen molar-refractivity contribution in [2.45, 2.75) is 13.8 Å². The van der Waals surface area contributed by atoms with Gasteiger partial charge in [-0.2, -0.15) is 0 Å². The summed E-state index contributed by atoms with van der Waals surface area (Å²) < 4.78 is 2.63. The molecule has 0 spiro atoms. The van der Waals surface area contributed by atoms with E-state index < -0.39 is 0 Å². The van der Waals surface area contributed by atoms with Crippen molar-refractivity contribution in [3.63, 3.8) is 0 Å². The number of hydrogen-bond acceptors (Lipinski definition) is 4. The Morgan fingerprint density at radius 1 is 0.411 bits per heavy atom. The molecule has 0 radical (unpaired) electrons. The maximum atomic E-state index is 2.32. The van der Waals surface area contributed by atoms with Gasteiger partial charge in [0.05, 0.1) is 0 Å². The van der Waals surface area contributed by atoms with Crippen LogP contribution in [0.25, 0.3) is 52.2 Å². The van der Waals surface area contributed by atoms with Crippen LogP contribution in [-0.2, 0) is 0 Å². The summed E-state index contributed by atoms with van der Waals surface area (Å²) in [6.45, 7) is 4.17. The van der Waals surface area contributed by atoms with Gasteiger partial charge in [0.2, 0.25) is 0 Å². The summed E-state index contributed by atoms with van der Waals surface area (Å²) in [6.07, 6.45) is 6.44. The van der Waals surface area contributed by atoms with E-state index >= 15 is 0 Å². The van der Waals surface area contributed by atoms with E-state index in [9.17, 15) is 0 Å². The highest BCUT2D eigenvalue weighted by Gasteiger charge is 2.16. The first-order chi connectivity index (χ1) is 27.6. The SMILES string of the molecule is C/C=C\C(=C/C)N(c1ccc(-c2ccc(N(c3ccccc3)c3ccc(-c4cc5ccccc5s4)cc3)cc2)cc1)c1ccc(-c2cc3ccccc3s2)cc1. The van der Waals surface area contributed by atoms with Gasteiger partial charge in [-0.25, -0.2) is 0 Å². The quantitative estimate of drug-likeness (QED) is 0.128. The van der Waals surface area contributed by atoms with Crippen LogP contribution in [0.3, 0.4) is 0 Å². The molecule has 0 N–H and O–H groups in total. The molecule has 9 aromatic rings. The molecule has 0 saturated heterocycles. The van der Waals surface area contributed by atoms with Crippen molar-refractivity contribution in [3.05, 3.63) is 212 Å². The molecule has 4 heteroatoms. The molecule has 0 aliphatic rings. The highest BCUT2D eigenvalue weighted by Crippen LogP contribution is 2.40. The van der Waals surface area contributed by atoms with Gasteiger partial charge in [-0.1, -0.05) is 115 Å². The van der Waals surface area contributed by atoms with E-state index in [4.69, 9.17) is 0 Å². The number of benzene rings is 7. The van der Waals surface area contributed by atoms with Crippen molar-refractivity contribution < 1.29 is 0 Å². The van der Waals surface area contributed by atoms with Crippen LogP contribution >= 0.6 is 22.7 Å². The van der Waals surface area contributed by atoms with Gasteiger partial charge in [-0.15, -0.1) is 22.7 Å². The van der Waals surface area contributed by atoms with Crippen LogP contribution in [0.4, 0.5) is 28.4 Å². The van der Waals surface area contributed by atoms with Gasteiger partial charge in [0.15, 0.2) is 0 Å². The molecular weight excluding hydrogens is 717 g/mol. The van der Waals surface area contributed by atoms with E-state index in [2.05, 4.69) is 230 Å². The monoisotopic (exact) mass is 756 g/mol. The number of hydrogen-bond donors (Lipinski definition) is 0. The second kappa shape index (κ2) is 15.7. The predicted octanol–water partition coefficient (Wildman–Crippen LogP) is 16.2. The van der Waals surface area contributed by atoms with Gasteiger partial charge in [-0.3, -0.25) is 0 Å². The number of thiophene rings is 2. The second-order valence-electron chi connectivity index (χ2n) is 13.7. The molecule has 0 aliphatic heterocycles. The Labute approximate surface area is 337 Å². The number of para-hydroxylation sites is 1. The lowest BCUT2D eigenvalue weighted by atomic mass is 10.0. The minimum absolute atomic E-state index is 1.11. The van der Waals surface area contributed by atoms with E-state index in [1.54, 1.807) is 0 Å². The van der Waals surface area contributed by atoms with Gasteiger partial charge in [0, 0.05) is 53.3 Å². The van der Waals surface area contributed by atoms with E-state index in [1.807, 2.05) is 22.7 Å². The fourth-order valence-electron chi connectivity index (χ4n) is 7.35. The highest BCUT2D eigenvalue weighted by atomic mass is 32.1. The highest BCUT2D eigenvalue weighted by molar-refractivity contribution is 7.22. The van der Waals surface area contributed by atoms with Gasteiger partial charge in [0.25, 0.3) is 0 Å². The average molecular weight is 757 g/mol. The van der Waals surface area contributed by atoms with Crippen LogP contribution < -0.4 is 9.80 Å². The van der Waals surface area contributed by atoms with Crippen LogP contribution in [0, 0.1) is 0 Å². The summed E-state index contributed by atoms with van der Waals surface area (Å²) in [5.41, 5.74) is 11.5. The molecule has 0 saturated carbocycles. The van der Waals surface area contributed by atoms with E-state index in [-0.39, 0.29) is 0 Å². The van der Waals surface area contributed by atoms with Gasteiger partial charge >= 0.3 is 0 Å². The molecule has 0 amide bonds. The zero-order valence-corrected chi connectivity index (χ0v) is 33.0. The summed E-state index contributed by atoms with van der Waals surface area (Å²) in [7, 11) is 0. The number of fused-ring (bicyclic) bond motifs is 2. The molecule has 7 aromatic carbocycles. The molecule has 2 nitrogen and oxygen atoms in total. The summed E-state index contributed by atoms with van der Waals surface area (Å²) in [4.78, 5) is 7.22. The third-order valence-electron chi connectivity index (χ3n) is 10.2. The normalized spacial score (nSPS) is 11.8. The minimum Gasteiger partial charge on any atom is -0.311 e. The molecule has 56 heavy (non-hydrogen) atoms. The molecular formula is C52H40N2S2. The van der Waals surface area contributed by atoms with E-state index in [1.165, 1.54) is 52.2 Å². The Bertz CT molecular complexity index is 2720. The smallest absolute Gasteiger partial charge is 0.0462 e. The fraction of sp³-hybridized carbons (Fsp3) is 0.0385. The van der Waals surface area contributed by atoms with E-state index in [0.29, 0.717) is 0 Å². The average Bonchev–Trinajstić information content (AvgIpc) is 3.90. The standard InChI is InChI=1S/C52H40N2S2/c1-3-12-43(4-2)53(46-31-23-39(24-32-46)51-35-41-13-8-10-17-49(41)55-51)45-27-19-37(20-28-45)38-21-29-47(30-22-38)54(44-15-6-5-7-16-44)48-33-25-40(26-34-48)52-36-42-14-9-11-18-50(42)56-52/h3-36H,1-2H3/b12-3-,43-4+. The zero-order valence-electron chi connectivity index (χ0n) is 31.3. The van der Waals surface area contributed by atoms with Crippen molar-refractivity contribution in [1.82, 2.24) is 0 Å². The van der Waals surface area contributed by atoms with Crippen LogP contribution in [-0.4, -0.2) is 0 Å². The van der Waals surface area contributed by atoms with Crippen molar-refractivity contribution in [3.8, 4) is 32.0 Å². The lowest BCUT2D eigenvalue weighted by molar-refractivity contribution is 1.20. The second-order valence-corrected chi connectivity index (χ2v) is 15.9. The van der Waals surface area contributed by atoms with Crippen LogP contribution in [0.5, 0.6) is 0 Å². The molecule has 0 bridgehead atoms. The maximum absolute atomic E-state index is 2.32.